The van der Waals surface area contributed by atoms with Crippen molar-refractivity contribution in [2.75, 3.05) is 18.4 Å². The van der Waals surface area contributed by atoms with Gasteiger partial charge in [-0.2, -0.15) is 0 Å². The smallest absolute Gasteiger partial charge is 0.269 e. The number of likely N-dealkylation sites (tertiary alicyclic amines) is 1. The lowest BCUT2D eigenvalue weighted by atomic mass is 9.78. The number of non-ortho nitro benzene ring substituents is 1. The fraction of sp³-hybridized carbons (Fsp3) is 0.458. The van der Waals surface area contributed by atoms with Gasteiger partial charge in [0.2, 0.25) is 5.91 Å². The Hall–Kier alpha value is -2.73. The molecule has 1 N–H and O–H groups in total. The summed E-state index contributed by atoms with van der Waals surface area (Å²) in [5, 5.41) is 14.1. The van der Waals surface area contributed by atoms with Crippen LogP contribution in [0.25, 0.3) is 0 Å². The van der Waals surface area contributed by atoms with Crippen molar-refractivity contribution < 1.29 is 9.72 Å². The average Bonchev–Trinajstić information content (AvgIpc) is 3.27. The number of carbonyl (C=O) groups is 1. The highest BCUT2D eigenvalue weighted by molar-refractivity contribution is 5.99. The zero-order chi connectivity index (χ0) is 21.0. The van der Waals surface area contributed by atoms with E-state index >= 15 is 0 Å². The highest BCUT2D eigenvalue weighted by Gasteiger charge is 2.42. The summed E-state index contributed by atoms with van der Waals surface area (Å²) in [4.78, 5) is 26.3. The van der Waals surface area contributed by atoms with E-state index in [0.29, 0.717) is 0 Å². The van der Waals surface area contributed by atoms with Crippen LogP contribution in [0.2, 0.25) is 0 Å². The van der Waals surface area contributed by atoms with Gasteiger partial charge in [0.05, 0.1) is 10.3 Å². The van der Waals surface area contributed by atoms with Crippen molar-refractivity contribution in [3.8, 4) is 0 Å². The molecular formula is C24H29N3O3. The summed E-state index contributed by atoms with van der Waals surface area (Å²) in [6, 6.07) is 14.6. The summed E-state index contributed by atoms with van der Waals surface area (Å²) in [5.41, 5.74) is 2.37. The van der Waals surface area contributed by atoms with Crippen LogP contribution in [-0.2, 0) is 16.8 Å². The summed E-state index contributed by atoms with van der Waals surface area (Å²) in [6.07, 6.45) is 7.39. The van der Waals surface area contributed by atoms with Crippen LogP contribution in [0.5, 0.6) is 0 Å². The van der Waals surface area contributed by atoms with Crippen molar-refractivity contribution in [2.24, 2.45) is 0 Å². The molecular weight excluding hydrogens is 378 g/mol. The molecule has 158 valence electrons. The van der Waals surface area contributed by atoms with E-state index in [0.717, 1.165) is 56.6 Å². The van der Waals surface area contributed by atoms with Crippen molar-refractivity contribution in [1.82, 2.24) is 4.90 Å². The van der Waals surface area contributed by atoms with Crippen molar-refractivity contribution in [1.29, 1.82) is 0 Å². The van der Waals surface area contributed by atoms with Crippen LogP contribution < -0.4 is 5.32 Å². The molecule has 1 amide bonds. The lowest BCUT2D eigenvalue weighted by Crippen LogP contribution is -2.38. The minimum absolute atomic E-state index is 0.0161. The third-order valence-electron chi connectivity index (χ3n) is 6.59. The Morgan fingerprint density at radius 1 is 0.933 bits per heavy atom. The van der Waals surface area contributed by atoms with Crippen LogP contribution in [0.4, 0.5) is 11.4 Å². The highest BCUT2D eigenvalue weighted by atomic mass is 16.6. The fourth-order valence-electron chi connectivity index (χ4n) is 4.85. The van der Waals surface area contributed by atoms with Gasteiger partial charge < -0.3 is 5.32 Å². The lowest BCUT2D eigenvalue weighted by Gasteiger charge is -2.28. The van der Waals surface area contributed by atoms with E-state index in [4.69, 9.17) is 0 Å². The average molecular weight is 408 g/mol. The van der Waals surface area contributed by atoms with Crippen molar-refractivity contribution in [3.05, 3.63) is 69.8 Å². The molecule has 1 heterocycles. The number of hydrogen-bond acceptors (Lipinski definition) is 4. The Kier molecular flexibility index (Phi) is 6.13. The Morgan fingerprint density at radius 2 is 1.57 bits per heavy atom. The lowest BCUT2D eigenvalue weighted by molar-refractivity contribution is -0.384. The Balaban J connectivity index is 1.46. The first kappa shape index (κ1) is 20.5. The number of anilines is 1. The van der Waals surface area contributed by atoms with E-state index in [1.807, 2.05) is 12.1 Å². The number of rotatable bonds is 6. The quantitative estimate of drug-likeness (QED) is 0.538. The molecule has 0 radical (unpaired) electrons. The van der Waals surface area contributed by atoms with E-state index < -0.39 is 10.3 Å². The number of nitrogens with zero attached hydrogens (tertiary/aromatic N) is 2. The topological polar surface area (TPSA) is 75.5 Å². The largest absolute Gasteiger partial charge is 0.325 e. The van der Waals surface area contributed by atoms with Crippen LogP contribution in [0.3, 0.4) is 0 Å². The molecule has 30 heavy (non-hydrogen) atoms. The van der Waals surface area contributed by atoms with E-state index in [1.165, 1.54) is 37.0 Å². The van der Waals surface area contributed by atoms with E-state index in [-0.39, 0.29) is 11.6 Å². The van der Waals surface area contributed by atoms with E-state index in [1.54, 1.807) is 12.1 Å². The molecule has 0 unspecified atom stereocenters. The van der Waals surface area contributed by atoms with Gasteiger partial charge >= 0.3 is 0 Å². The van der Waals surface area contributed by atoms with Gasteiger partial charge in [0.1, 0.15) is 0 Å². The molecule has 4 rings (SSSR count). The van der Waals surface area contributed by atoms with E-state index in [2.05, 4.69) is 22.3 Å². The number of hydrogen-bond donors (Lipinski definition) is 1. The standard InChI is InChI=1S/C24H29N3O3/c28-23(24(14-2-3-15-24)20-8-12-22(13-9-20)27(29)30)25-21-10-6-19(7-11-21)18-26-16-4-1-5-17-26/h6-13H,1-5,14-18H2,(H,25,28). The molecule has 2 fully saturated rings. The summed E-state index contributed by atoms with van der Waals surface area (Å²) < 4.78 is 0. The third-order valence-corrected chi connectivity index (χ3v) is 6.59. The molecule has 0 spiro atoms. The Labute approximate surface area is 177 Å². The van der Waals surface area contributed by atoms with Crippen LogP contribution in [0.15, 0.2) is 48.5 Å². The van der Waals surface area contributed by atoms with Crippen LogP contribution in [0.1, 0.15) is 56.1 Å². The Morgan fingerprint density at radius 3 is 2.17 bits per heavy atom. The maximum atomic E-state index is 13.3. The zero-order valence-electron chi connectivity index (χ0n) is 17.3. The number of amides is 1. The predicted octanol–water partition coefficient (Wildman–Crippen LogP) is 5.03. The number of nitrogens with one attached hydrogen (secondary N) is 1. The molecule has 6 nitrogen and oxygen atoms in total. The molecule has 0 aromatic heterocycles. The first-order valence-electron chi connectivity index (χ1n) is 10.9. The molecule has 1 aliphatic carbocycles. The van der Waals surface area contributed by atoms with Gasteiger partial charge in [-0.15, -0.1) is 0 Å². The van der Waals surface area contributed by atoms with Gasteiger partial charge in [0, 0.05) is 24.4 Å². The number of nitro benzene ring substituents is 1. The molecule has 2 aromatic rings. The summed E-state index contributed by atoms with van der Waals surface area (Å²) in [5.74, 6) is -0.0161. The molecule has 6 heteroatoms. The maximum absolute atomic E-state index is 13.3. The number of benzene rings is 2. The molecule has 0 atom stereocenters. The van der Waals surface area contributed by atoms with Gasteiger partial charge in [-0.25, -0.2) is 0 Å². The number of carbonyl (C=O) groups excluding carboxylic acids is 1. The summed E-state index contributed by atoms with van der Waals surface area (Å²) in [6.45, 7) is 3.29. The van der Waals surface area contributed by atoms with Crippen LogP contribution in [0, 0.1) is 10.1 Å². The highest BCUT2D eigenvalue weighted by Crippen LogP contribution is 2.42. The second-order valence-corrected chi connectivity index (χ2v) is 8.58. The predicted molar refractivity (Wildman–Crippen MR) is 117 cm³/mol. The Bertz CT molecular complexity index is 881. The second-order valence-electron chi connectivity index (χ2n) is 8.58. The summed E-state index contributed by atoms with van der Waals surface area (Å²) >= 11 is 0. The first-order chi connectivity index (χ1) is 14.6. The monoisotopic (exact) mass is 407 g/mol. The van der Waals surface area contributed by atoms with Gasteiger partial charge in [-0.05, 0) is 62.0 Å². The number of nitro groups is 1. The molecule has 2 aromatic carbocycles. The molecule has 0 bridgehead atoms. The minimum atomic E-state index is -0.610. The molecule has 1 saturated heterocycles. The van der Waals surface area contributed by atoms with Crippen molar-refractivity contribution >= 4 is 17.3 Å². The van der Waals surface area contributed by atoms with Gasteiger partial charge in [0.25, 0.3) is 5.69 Å². The molecule has 2 aliphatic rings. The normalized spacial score (nSPS) is 18.8. The second kappa shape index (κ2) is 8.96. The first-order valence-corrected chi connectivity index (χ1v) is 10.9. The zero-order valence-corrected chi connectivity index (χ0v) is 17.3. The molecule has 1 aliphatic heterocycles. The van der Waals surface area contributed by atoms with Crippen molar-refractivity contribution in [2.45, 2.75) is 56.9 Å². The minimum Gasteiger partial charge on any atom is -0.325 e. The van der Waals surface area contributed by atoms with Gasteiger partial charge in [-0.3, -0.25) is 19.8 Å². The third kappa shape index (κ3) is 4.38. The maximum Gasteiger partial charge on any atom is 0.269 e. The SMILES string of the molecule is O=C(Nc1ccc(CN2CCCCC2)cc1)C1(c2ccc([N+](=O)[O-])cc2)CCCC1. The summed E-state index contributed by atoms with van der Waals surface area (Å²) in [7, 11) is 0. The van der Waals surface area contributed by atoms with Gasteiger partial charge in [-0.1, -0.05) is 43.5 Å². The van der Waals surface area contributed by atoms with Crippen LogP contribution in [-0.4, -0.2) is 28.8 Å². The van der Waals surface area contributed by atoms with Gasteiger partial charge in [0.15, 0.2) is 0 Å². The number of piperidine rings is 1. The van der Waals surface area contributed by atoms with Crippen molar-refractivity contribution in [3.63, 3.8) is 0 Å². The van der Waals surface area contributed by atoms with E-state index in [9.17, 15) is 14.9 Å². The molecule has 1 saturated carbocycles. The van der Waals surface area contributed by atoms with Crippen LogP contribution >= 0.6 is 0 Å². The fourth-order valence-corrected chi connectivity index (χ4v) is 4.85.